The predicted octanol–water partition coefficient (Wildman–Crippen LogP) is 2.54. The summed E-state index contributed by atoms with van der Waals surface area (Å²) in [7, 11) is 6.37. The topological polar surface area (TPSA) is 69.2 Å². The first-order chi connectivity index (χ1) is 12.1. The van der Waals surface area contributed by atoms with Gasteiger partial charge in [0.15, 0.2) is 23.0 Å². The third kappa shape index (κ3) is 4.55. The van der Waals surface area contributed by atoms with Crippen LogP contribution in [0.2, 0.25) is 0 Å². The minimum atomic E-state index is -0.670. The quantitative estimate of drug-likeness (QED) is 0.727. The van der Waals surface area contributed by atoms with Crippen LogP contribution in [0.15, 0.2) is 36.4 Å². The highest BCUT2D eigenvalue weighted by Crippen LogP contribution is 2.31. The zero-order chi connectivity index (χ0) is 18.2. The molecule has 0 amide bonds. The van der Waals surface area contributed by atoms with E-state index in [-0.39, 0.29) is 0 Å². The second kappa shape index (κ2) is 9.15. The summed E-state index contributed by atoms with van der Waals surface area (Å²) in [5.74, 6) is 2.60. The summed E-state index contributed by atoms with van der Waals surface area (Å²) in [6.07, 6.45) is -0.670. The van der Waals surface area contributed by atoms with Crippen molar-refractivity contribution in [3.05, 3.63) is 47.5 Å². The van der Waals surface area contributed by atoms with Crippen molar-refractivity contribution in [3.63, 3.8) is 0 Å². The second-order valence-electron chi connectivity index (χ2n) is 5.41. The highest BCUT2D eigenvalue weighted by molar-refractivity contribution is 5.46. The van der Waals surface area contributed by atoms with Gasteiger partial charge in [0.05, 0.1) is 34.5 Å². The molecular formula is C19H25NO5. The number of hydrogen-bond donors (Lipinski definition) is 2. The molecule has 0 aliphatic heterocycles. The number of methoxy groups -OCH3 is 4. The molecule has 0 aromatic heterocycles. The summed E-state index contributed by atoms with van der Waals surface area (Å²) < 4.78 is 21.2. The van der Waals surface area contributed by atoms with E-state index in [1.165, 1.54) is 0 Å². The molecule has 2 aromatic carbocycles. The monoisotopic (exact) mass is 347 g/mol. The van der Waals surface area contributed by atoms with Crippen molar-refractivity contribution in [2.75, 3.05) is 35.0 Å². The van der Waals surface area contributed by atoms with E-state index in [2.05, 4.69) is 5.32 Å². The van der Waals surface area contributed by atoms with Crippen LogP contribution in [0, 0.1) is 0 Å². The van der Waals surface area contributed by atoms with Crippen molar-refractivity contribution in [3.8, 4) is 23.0 Å². The summed E-state index contributed by atoms with van der Waals surface area (Å²) in [6, 6.07) is 11.1. The lowest BCUT2D eigenvalue weighted by molar-refractivity contribution is 0.173. The van der Waals surface area contributed by atoms with E-state index in [0.29, 0.717) is 36.1 Å². The Morgan fingerprint density at radius 2 is 1.60 bits per heavy atom. The van der Waals surface area contributed by atoms with Gasteiger partial charge in [-0.25, -0.2) is 0 Å². The lowest BCUT2D eigenvalue weighted by Gasteiger charge is -2.16. The molecule has 0 heterocycles. The minimum Gasteiger partial charge on any atom is -0.493 e. The Balaban J connectivity index is 2.00. The van der Waals surface area contributed by atoms with E-state index in [4.69, 9.17) is 18.9 Å². The van der Waals surface area contributed by atoms with Gasteiger partial charge < -0.3 is 29.4 Å². The summed E-state index contributed by atoms with van der Waals surface area (Å²) in [6.45, 7) is 0.931. The molecule has 0 spiro atoms. The highest BCUT2D eigenvalue weighted by Gasteiger charge is 2.13. The number of aliphatic hydroxyl groups excluding tert-OH is 1. The van der Waals surface area contributed by atoms with Gasteiger partial charge in [-0.3, -0.25) is 0 Å². The number of benzene rings is 2. The number of ether oxygens (including phenoxy) is 4. The molecule has 2 aromatic rings. The molecule has 0 bridgehead atoms. The molecule has 2 N–H and O–H groups in total. The Bertz CT molecular complexity index is 690. The van der Waals surface area contributed by atoms with Crippen molar-refractivity contribution in [1.29, 1.82) is 0 Å². The summed E-state index contributed by atoms with van der Waals surface area (Å²) in [5, 5.41) is 13.6. The molecule has 0 fully saturated rings. The Labute approximate surface area is 148 Å². The highest BCUT2D eigenvalue weighted by atomic mass is 16.5. The van der Waals surface area contributed by atoms with Gasteiger partial charge in [-0.2, -0.15) is 0 Å². The van der Waals surface area contributed by atoms with Gasteiger partial charge in [0.2, 0.25) is 0 Å². The Kier molecular flexibility index (Phi) is 6.91. The molecular weight excluding hydrogens is 322 g/mol. The zero-order valence-electron chi connectivity index (χ0n) is 15.0. The average molecular weight is 347 g/mol. The summed E-state index contributed by atoms with van der Waals surface area (Å²) in [4.78, 5) is 0. The van der Waals surface area contributed by atoms with Crippen LogP contribution in [-0.4, -0.2) is 40.1 Å². The second-order valence-corrected chi connectivity index (χ2v) is 5.41. The average Bonchev–Trinajstić information content (AvgIpc) is 2.66. The van der Waals surface area contributed by atoms with Gasteiger partial charge in [0.1, 0.15) is 0 Å². The van der Waals surface area contributed by atoms with Gasteiger partial charge >= 0.3 is 0 Å². The maximum Gasteiger partial charge on any atom is 0.165 e. The van der Waals surface area contributed by atoms with Gasteiger partial charge in [-0.1, -0.05) is 18.2 Å². The third-order valence-electron chi connectivity index (χ3n) is 3.93. The first-order valence-electron chi connectivity index (χ1n) is 7.95. The van der Waals surface area contributed by atoms with E-state index >= 15 is 0 Å². The van der Waals surface area contributed by atoms with Crippen molar-refractivity contribution in [2.24, 2.45) is 0 Å². The number of hydrogen-bond acceptors (Lipinski definition) is 6. The van der Waals surface area contributed by atoms with E-state index in [0.717, 1.165) is 11.1 Å². The molecule has 2 rings (SSSR count). The summed E-state index contributed by atoms with van der Waals surface area (Å²) in [5.41, 5.74) is 1.71. The number of aliphatic hydroxyl groups is 1. The van der Waals surface area contributed by atoms with Gasteiger partial charge in [0.25, 0.3) is 0 Å². The molecule has 0 radical (unpaired) electrons. The molecule has 0 saturated carbocycles. The maximum absolute atomic E-state index is 10.4. The third-order valence-corrected chi connectivity index (χ3v) is 3.93. The number of nitrogens with one attached hydrogen (secondary N) is 1. The van der Waals surface area contributed by atoms with Crippen LogP contribution in [0.5, 0.6) is 23.0 Å². The zero-order valence-corrected chi connectivity index (χ0v) is 15.0. The van der Waals surface area contributed by atoms with E-state index in [1.54, 1.807) is 40.6 Å². The lowest BCUT2D eigenvalue weighted by Crippen LogP contribution is -2.21. The van der Waals surface area contributed by atoms with E-state index < -0.39 is 6.10 Å². The molecule has 25 heavy (non-hydrogen) atoms. The SMILES string of the molecule is COc1ccc(C(O)CNCc2cccc(OC)c2OC)cc1OC. The fraction of sp³-hybridized carbons (Fsp3) is 0.368. The van der Waals surface area contributed by atoms with Crippen LogP contribution in [0.25, 0.3) is 0 Å². The normalized spacial score (nSPS) is 11.7. The molecule has 6 nitrogen and oxygen atoms in total. The van der Waals surface area contributed by atoms with Gasteiger partial charge in [0, 0.05) is 18.7 Å². The first kappa shape index (κ1) is 18.9. The molecule has 6 heteroatoms. The fourth-order valence-corrected chi connectivity index (χ4v) is 2.61. The van der Waals surface area contributed by atoms with E-state index in [9.17, 15) is 5.11 Å². The van der Waals surface area contributed by atoms with Crippen LogP contribution in [0.3, 0.4) is 0 Å². The van der Waals surface area contributed by atoms with Crippen molar-refractivity contribution < 1.29 is 24.1 Å². The smallest absolute Gasteiger partial charge is 0.165 e. The van der Waals surface area contributed by atoms with Crippen LogP contribution in [0.1, 0.15) is 17.2 Å². The first-order valence-corrected chi connectivity index (χ1v) is 7.95. The van der Waals surface area contributed by atoms with Gasteiger partial charge in [-0.15, -0.1) is 0 Å². The van der Waals surface area contributed by atoms with Gasteiger partial charge in [-0.05, 0) is 23.8 Å². The maximum atomic E-state index is 10.4. The molecule has 1 atom stereocenters. The van der Waals surface area contributed by atoms with E-state index in [1.807, 2.05) is 24.3 Å². The molecule has 0 aliphatic rings. The Morgan fingerprint density at radius 3 is 2.24 bits per heavy atom. The molecule has 1 unspecified atom stereocenters. The minimum absolute atomic E-state index is 0.385. The van der Waals surface area contributed by atoms with Crippen LogP contribution >= 0.6 is 0 Å². The summed E-state index contributed by atoms with van der Waals surface area (Å²) >= 11 is 0. The van der Waals surface area contributed by atoms with Crippen LogP contribution in [0.4, 0.5) is 0 Å². The van der Waals surface area contributed by atoms with Crippen molar-refractivity contribution in [2.45, 2.75) is 12.6 Å². The molecule has 136 valence electrons. The van der Waals surface area contributed by atoms with Crippen LogP contribution < -0.4 is 24.3 Å². The number of rotatable bonds is 9. The van der Waals surface area contributed by atoms with Crippen molar-refractivity contribution >= 4 is 0 Å². The lowest BCUT2D eigenvalue weighted by atomic mass is 10.1. The predicted molar refractivity (Wildman–Crippen MR) is 95.8 cm³/mol. The fourth-order valence-electron chi connectivity index (χ4n) is 2.61. The van der Waals surface area contributed by atoms with Crippen LogP contribution in [-0.2, 0) is 6.54 Å². The Morgan fingerprint density at radius 1 is 0.880 bits per heavy atom. The Hall–Kier alpha value is -2.44. The molecule has 0 aliphatic carbocycles. The standard InChI is InChI=1S/C19H25NO5/c1-22-16-9-8-13(10-18(16)24-3)15(21)12-20-11-14-6-5-7-17(23-2)19(14)25-4/h5-10,15,20-21H,11-12H2,1-4H3. The number of para-hydroxylation sites is 1. The van der Waals surface area contributed by atoms with Crippen molar-refractivity contribution in [1.82, 2.24) is 5.32 Å². The molecule has 0 saturated heterocycles. The largest absolute Gasteiger partial charge is 0.493 e.